The number of carbonyl (C=O) groups excluding carboxylic acids is 1. The summed E-state index contributed by atoms with van der Waals surface area (Å²) >= 11 is 0. The Hall–Kier alpha value is -2.54. The van der Waals surface area contributed by atoms with Gasteiger partial charge in [-0.3, -0.25) is 4.79 Å². The molecule has 0 N–H and O–H groups in total. The molecule has 0 aromatic heterocycles. The Morgan fingerprint density at radius 2 is 1.68 bits per heavy atom. The van der Waals surface area contributed by atoms with Gasteiger partial charge in [-0.05, 0) is 35.4 Å². The Balaban J connectivity index is 1.51. The number of hydrogen-bond donors (Lipinski definition) is 0. The molecule has 28 heavy (non-hydrogen) atoms. The summed E-state index contributed by atoms with van der Waals surface area (Å²) in [5, 5.41) is 0. The molecule has 1 amide bonds. The van der Waals surface area contributed by atoms with E-state index in [4.69, 9.17) is 9.47 Å². The maximum Gasteiger partial charge on any atom is 0.416 e. The highest BCUT2D eigenvalue weighted by Gasteiger charge is 2.41. The van der Waals surface area contributed by atoms with E-state index in [1.807, 2.05) is 18.2 Å². The van der Waals surface area contributed by atoms with Gasteiger partial charge in [-0.25, -0.2) is 0 Å². The third kappa shape index (κ3) is 3.58. The van der Waals surface area contributed by atoms with Crippen molar-refractivity contribution in [2.24, 2.45) is 0 Å². The molecule has 0 aliphatic carbocycles. The van der Waals surface area contributed by atoms with Gasteiger partial charge in [-0.2, -0.15) is 13.2 Å². The van der Waals surface area contributed by atoms with Gasteiger partial charge in [0.2, 0.25) is 11.7 Å². The van der Waals surface area contributed by atoms with E-state index in [1.54, 1.807) is 11.8 Å². The lowest BCUT2D eigenvalue weighted by Gasteiger charge is -2.43. The highest BCUT2D eigenvalue weighted by Crippen LogP contribution is 2.39. The number of alkyl halides is 3. The first-order valence-electron chi connectivity index (χ1n) is 9.15. The number of halogens is 3. The Labute approximate surface area is 160 Å². The van der Waals surface area contributed by atoms with Crippen LogP contribution in [0.2, 0.25) is 0 Å². The number of amides is 1. The van der Waals surface area contributed by atoms with Gasteiger partial charge in [-0.15, -0.1) is 0 Å². The topological polar surface area (TPSA) is 38.8 Å². The summed E-state index contributed by atoms with van der Waals surface area (Å²) in [6.45, 7) is 3.10. The lowest BCUT2D eigenvalue weighted by atomic mass is 9.98. The number of hydrogen-bond acceptors (Lipinski definition) is 3. The van der Waals surface area contributed by atoms with Crippen molar-refractivity contribution in [1.82, 2.24) is 4.90 Å². The van der Waals surface area contributed by atoms with E-state index in [0.29, 0.717) is 38.1 Å². The normalized spacial score (nSPS) is 18.5. The molecule has 1 spiro atoms. The maximum atomic E-state index is 12.7. The summed E-state index contributed by atoms with van der Waals surface area (Å²) in [5.41, 5.74) is 1.70. The predicted octanol–water partition coefficient (Wildman–Crippen LogP) is 4.62. The van der Waals surface area contributed by atoms with Crippen LogP contribution in [-0.4, -0.2) is 29.7 Å². The van der Waals surface area contributed by atoms with Crippen LogP contribution in [0.25, 0.3) is 11.1 Å². The fourth-order valence-corrected chi connectivity index (χ4v) is 3.67. The van der Waals surface area contributed by atoms with Gasteiger partial charge >= 0.3 is 6.18 Å². The molecule has 1 fully saturated rings. The molecular weight excluding hydrogens is 371 g/mol. The minimum atomic E-state index is -4.34. The van der Waals surface area contributed by atoms with E-state index >= 15 is 0 Å². The fraction of sp³-hybridized carbons (Fsp3) is 0.381. The van der Waals surface area contributed by atoms with Crippen LogP contribution in [0.3, 0.4) is 0 Å². The SMILES string of the molecule is CC(=O)N1CCC2(CC1)OCc1cc(-c3ccc(C(F)(F)F)cc3)ccc1O2. The maximum absolute atomic E-state index is 12.7. The third-order valence-electron chi connectivity index (χ3n) is 5.36. The number of ether oxygens (including phenoxy) is 2. The minimum Gasteiger partial charge on any atom is -0.462 e. The van der Waals surface area contributed by atoms with E-state index in [1.165, 1.54) is 12.1 Å². The molecule has 0 unspecified atom stereocenters. The molecule has 2 aromatic carbocycles. The van der Waals surface area contributed by atoms with Crippen LogP contribution in [0.1, 0.15) is 30.9 Å². The Morgan fingerprint density at radius 1 is 1.04 bits per heavy atom. The van der Waals surface area contributed by atoms with Crippen molar-refractivity contribution in [2.75, 3.05) is 13.1 Å². The van der Waals surface area contributed by atoms with E-state index in [2.05, 4.69) is 0 Å². The number of fused-ring (bicyclic) bond motifs is 1. The molecule has 2 aliphatic heterocycles. The minimum absolute atomic E-state index is 0.0484. The smallest absolute Gasteiger partial charge is 0.416 e. The molecule has 4 nitrogen and oxygen atoms in total. The molecule has 7 heteroatoms. The first kappa shape index (κ1) is 18.8. The largest absolute Gasteiger partial charge is 0.462 e. The summed E-state index contributed by atoms with van der Waals surface area (Å²) in [4.78, 5) is 13.3. The Morgan fingerprint density at radius 3 is 2.29 bits per heavy atom. The molecular formula is C21H20F3NO3. The highest BCUT2D eigenvalue weighted by atomic mass is 19.4. The fourth-order valence-electron chi connectivity index (χ4n) is 3.67. The number of likely N-dealkylation sites (tertiary alicyclic amines) is 1. The zero-order chi connectivity index (χ0) is 19.9. The van der Waals surface area contributed by atoms with Crippen molar-refractivity contribution in [3.63, 3.8) is 0 Å². The molecule has 2 aromatic rings. The van der Waals surface area contributed by atoms with Crippen LogP contribution in [0, 0.1) is 0 Å². The van der Waals surface area contributed by atoms with Crippen molar-refractivity contribution in [3.05, 3.63) is 53.6 Å². The summed E-state index contributed by atoms with van der Waals surface area (Å²) < 4.78 is 50.3. The lowest BCUT2D eigenvalue weighted by molar-refractivity contribution is -0.227. The number of benzene rings is 2. The molecule has 1 saturated heterocycles. The van der Waals surface area contributed by atoms with Crippen LogP contribution >= 0.6 is 0 Å². The van der Waals surface area contributed by atoms with Gasteiger partial charge in [0.15, 0.2) is 0 Å². The quantitative estimate of drug-likeness (QED) is 0.712. The van der Waals surface area contributed by atoms with Crippen molar-refractivity contribution >= 4 is 5.91 Å². The molecule has 0 bridgehead atoms. The second-order valence-corrected chi connectivity index (χ2v) is 7.21. The van der Waals surface area contributed by atoms with Crippen LogP contribution in [0.5, 0.6) is 5.75 Å². The monoisotopic (exact) mass is 391 g/mol. The molecule has 148 valence electrons. The summed E-state index contributed by atoms with van der Waals surface area (Å²) in [5.74, 6) is 0.0554. The molecule has 0 radical (unpaired) electrons. The van der Waals surface area contributed by atoms with Crippen LogP contribution in [0.15, 0.2) is 42.5 Å². The van der Waals surface area contributed by atoms with Crippen molar-refractivity contribution in [1.29, 1.82) is 0 Å². The molecule has 0 atom stereocenters. The Kier molecular flexibility index (Phi) is 4.57. The molecule has 0 saturated carbocycles. The summed E-state index contributed by atoms with van der Waals surface area (Å²) in [6, 6.07) is 10.7. The number of carbonyl (C=O) groups is 1. The molecule has 4 rings (SSSR count). The molecule has 2 heterocycles. The van der Waals surface area contributed by atoms with Crippen molar-refractivity contribution in [3.8, 4) is 16.9 Å². The van der Waals surface area contributed by atoms with Gasteiger partial charge in [0.25, 0.3) is 0 Å². The average Bonchev–Trinajstić information content (AvgIpc) is 2.67. The predicted molar refractivity (Wildman–Crippen MR) is 96.5 cm³/mol. The second-order valence-electron chi connectivity index (χ2n) is 7.21. The van der Waals surface area contributed by atoms with Crippen molar-refractivity contribution in [2.45, 2.75) is 38.3 Å². The van der Waals surface area contributed by atoms with Crippen LogP contribution < -0.4 is 4.74 Å². The standard InChI is InChI=1S/C21H20F3NO3/c1-14(26)25-10-8-20(9-11-25)27-13-17-12-16(4-7-19(17)28-20)15-2-5-18(6-3-15)21(22,23)24/h2-7,12H,8-11,13H2,1H3. The average molecular weight is 391 g/mol. The number of rotatable bonds is 1. The van der Waals surface area contributed by atoms with E-state index < -0.39 is 17.5 Å². The van der Waals surface area contributed by atoms with Crippen LogP contribution in [0.4, 0.5) is 13.2 Å². The van der Waals surface area contributed by atoms with E-state index in [-0.39, 0.29) is 5.91 Å². The van der Waals surface area contributed by atoms with Gasteiger partial charge < -0.3 is 14.4 Å². The van der Waals surface area contributed by atoms with Gasteiger partial charge in [0.1, 0.15) is 5.75 Å². The van der Waals surface area contributed by atoms with E-state index in [9.17, 15) is 18.0 Å². The van der Waals surface area contributed by atoms with Gasteiger partial charge in [0, 0.05) is 38.4 Å². The first-order chi connectivity index (χ1) is 13.3. The van der Waals surface area contributed by atoms with Crippen molar-refractivity contribution < 1.29 is 27.4 Å². The number of nitrogens with zero attached hydrogens (tertiary/aromatic N) is 1. The van der Waals surface area contributed by atoms with E-state index in [0.717, 1.165) is 29.0 Å². The second kappa shape index (κ2) is 6.81. The van der Waals surface area contributed by atoms with Gasteiger partial charge in [-0.1, -0.05) is 18.2 Å². The lowest BCUT2D eigenvalue weighted by Crippen LogP contribution is -2.52. The zero-order valence-corrected chi connectivity index (χ0v) is 15.4. The summed E-state index contributed by atoms with van der Waals surface area (Å²) in [6.07, 6.45) is -3.14. The third-order valence-corrected chi connectivity index (χ3v) is 5.36. The van der Waals surface area contributed by atoms with Gasteiger partial charge in [0.05, 0.1) is 12.2 Å². The Bertz CT molecular complexity index is 885. The summed E-state index contributed by atoms with van der Waals surface area (Å²) in [7, 11) is 0. The first-order valence-corrected chi connectivity index (χ1v) is 9.15. The molecule has 2 aliphatic rings. The zero-order valence-electron chi connectivity index (χ0n) is 15.4. The van der Waals surface area contributed by atoms with Crippen LogP contribution in [-0.2, 0) is 22.3 Å². The number of piperidine rings is 1. The highest BCUT2D eigenvalue weighted by molar-refractivity contribution is 5.73.